The van der Waals surface area contributed by atoms with E-state index in [0.29, 0.717) is 25.0 Å². The first-order chi connectivity index (χ1) is 13.3. The number of carboxylic acid groups (broad SMARTS) is 1. The van der Waals surface area contributed by atoms with Gasteiger partial charge in [0, 0.05) is 29.9 Å². The summed E-state index contributed by atoms with van der Waals surface area (Å²) in [6.45, 7) is 0.350. The SMILES string of the molecule is O=C(O)Cc1c2n(c3ncccc13)C[C@H](NS(=O)(=O)c1ccc(F)cc1)CC2. The number of halogens is 1. The molecule has 2 N–H and O–H groups in total. The molecule has 1 aromatic carbocycles. The lowest BCUT2D eigenvalue weighted by molar-refractivity contribution is -0.136. The van der Waals surface area contributed by atoms with Crippen LogP contribution in [0.2, 0.25) is 0 Å². The molecule has 7 nitrogen and oxygen atoms in total. The first kappa shape index (κ1) is 18.6. The van der Waals surface area contributed by atoms with Crippen molar-refractivity contribution in [2.75, 3.05) is 0 Å². The average Bonchev–Trinajstić information content (AvgIpc) is 2.95. The van der Waals surface area contributed by atoms with Crippen LogP contribution in [0.15, 0.2) is 47.5 Å². The number of pyridine rings is 1. The van der Waals surface area contributed by atoms with E-state index in [4.69, 9.17) is 0 Å². The van der Waals surface area contributed by atoms with Crippen LogP contribution in [0, 0.1) is 5.82 Å². The Hall–Kier alpha value is -2.78. The molecule has 1 aliphatic heterocycles. The van der Waals surface area contributed by atoms with Gasteiger partial charge in [0.1, 0.15) is 11.5 Å². The number of aromatic nitrogens is 2. The average molecular weight is 403 g/mol. The summed E-state index contributed by atoms with van der Waals surface area (Å²) in [5, 5.41) is 10.0. The smallest absolute Gasteiger partial charge is 0.307 e. The van der Waals surface area contributed by atoms with E-state index in [0.717, 1.165) is 28.8 Å². The second kappa shape index (κ2) is 6.99. The zero-order chi connectivity index (χ0) is 19.9. The normalized spacial score (nSPS) is 16.8. The van der Waals surface area contributed by atoms with Crippen LogP contribution in [0.3, 0.4) is 0 Å². The monoisotopic (exact) mass is 403 g/mol. The van der Waals surface area contributed by atoms with E-state index < -0.39 is 21.8 Å². The van der Waals surface area contributed by atoms with Gasteiger partial charge in [-0.05, 0) is 54.8 Å². The Morgan fingerprint density at radius 3 is 2.75 bits per heavy atom. The topological polar surface area (TPSA) is 101 Å². The van der Waals surface area contributed by atoms with Crippen molar-refractivity contribution in [2.45, 2.75) is 36.7 Å². The Bertz CT molecular complexity index is 1160. The zero-order valence-corrected chi connectivity index (χ0v) is 15.6. The lowest BCUT2D eigenvalue weighted by Crippen LogP contribution is -2.41. The molecule has 4 rings (SSSR count). The molecule has 0 amide bonds. The molecule has 2 aromatic heterocycles. The van der Waals surface area contributed by atoms with Crippen LogP contribution >= 0.6 is 0 Å². The first-order valence-corrected chi connectivity index (χ1v) is 10.3. The quantitative estimate of drug-likeness (QED) is 0.679. The minimum Gasteiger partial charge on any atom is -0.481 e. The van der Waals surface area contributed by atoms with E-state index in [2.05, 4.69) is 9.71 Å². The molecule has 0 saturated carbocycles. The summed E-state index contributed by atoms with van der Waals surface area (Å²) in [4.78, 5) is 15.7. The standard InChI is InChI=1S/C19H18FN3O4S/c20-12-3-6-14(7-4-12)28(26,27)22-13-5-8-17-16(10-18(24)25)15-2-1-9-21-19(15)23(17)11-13/h1-4,6-7,9,13,22H,5,8,10-11H2,(H,24,25)/t13-/m1/s1. The summed E-state index contributed by atoms with van der Waals surface area (Å²) in [5.41, 5.74) is 2.27. The third kappa shape index (κ3) is 3.38. The van der Waals surface area contributed by atoms with Crippen LogP contribution < -0.4 is 4.72 Å². The first-order valence-electron chi connectivity index (χ1n) is 8.80. The molecule has 0 radical (unpaired) electrons. The van der Waals surface area contributed by atoms with Gasteiger partial charge in [-0.1, -0.05) is 0 Å². The van der Waals surface area contributed by atoms with Crippen LogP contribution in [0.25, 0.3) is 11.0 Å². The van der Waals surface area contributed by atoms with Gasteiger partial charge in [0.2, 0.25) is 10.0 Å². The minimum atomic E-state index is -3.79. The van der Waals surface area contributed by atoms with Gasteiger partial charge in [-0.3, -0.25) is 4.79 Å². The van der Waals surface area contributed by atoms with Gasteiger partial charge in [0.05, 0.1) is 11.3 Å². The van der Waals surface area contributed by atoms with Gasteiger partial charge < -0.3 is 9.67 Å². The molecule has 0 saturated heterocycles. The lowest BCUT2D eigenvalue weighted by Gasteiger charge is -2.26. The molecule has 0 aliphatic carbocycles. The summed E-state index contributed by atoms with van der Waals surface area (Å²) in [7, 11) is -3.79. The van der Waals surface area contributed by atoms with Crippen molar-refractivity contribution in [2.24, 2.45) is 0 Å². The summed E-state index contributed by atoms with van der Waals surface area (Å²) >= 11 is 0. The molecule has 1 atom stereocenters. The molecule has 0 unspecified atom stereocenters. The van der Waals surface area contributed by atoms with E-state index in [1.807, 2.05) is 10.6 Å². The second-order valence-electron chi connectivity index (χ2n) is 6.79. The Kier molecular flexibility index (Phi) is 4.64. The van der Waals surface area contributed by atoms with E-state index in [-0.39, 0.29) is 17.4 Å². The number of nitrogens with zero attached hydrogens (tertiary/aromatic N) is 2. The van der Waals surface area contributed by atoms with E-state index in [1.165, 1.54) is 12.1 Å². The number of fused-ring (bicyclic) bond motifs is 3. The zero-order valence-electron chi connectivity index (χ0n) is 14.8. The van der Waals surface area contributed by atoms with Crippen molar-refractivity contribution >= 4 is 27.0 Å². The van der Waals surface area contributed by atoms with Gasteiger partial charge in [-0.15, -0.1) is 0 Å². The van der Waals surface area contributed by atoms with Crippen molar-refractivity contribution in [1.82, 2.24) is 14.3 Å². The number of aliphatic carboxylic acids is 1. The molecule has 0 spiro atoms. The van der Waals surface area contributed by atoms with Crippen LogP contribution in [0.1, 0.15) is 17.7 Å². The maximum atomic E-state index is 13.1. The van der Waals surface area contributed by atoms with Crippen molar-refractivity contribution < 1.29 is 22.7 Å². The summed E-state index contributed by atoms with van der Waals surface area (Å²) in [6, 6.07) is 7.88. The summed E-state index contributed by atoms with van der Waals surface area (Å²) in [6.07, 6.45) is 2.60. The third-order valence-corrected chi connectivity index (χ3v) is 6.48. The van der Waals surface area contributed by atoms with E-state index >= 15 is 0 Å². The molecule has 9 heteroatoms. The maximum Gasteiger partial charge on any atom is 0.307 e. The number of hydrogen-bond acceptors (Lipinski definition) is 4. The third-order valence-electron chi connectivity index (χ3n) is 4.95. The number of carbonyl (C=O) groups is 1. The molecule has 0 fully saturated rings. The highest BCUT2D eigenvalue weighted by atomic mass is 32.2. The predicted octanol–water partition coefficient (Wildman–Crippen LogP) is 2.10. The van der Waals surface area contributed by atoms with Crippen LogP contribution in [-0.2, 0) is 34.2 Å². The lowest BCUT2D eigenvalue weighted by atomic mass is 10.0. The molecule has 28 heavy (non-hydrogen) atoms. The minimum absolute atomic E-state index is 0.00162. The Morgan fingerprint density at radius 1 is 1.29 bits per heavy atom. The van der Waals surface area contributed by atoms with Crippen molar-refractivity contribution in [3.05, 3.63) is 59.7 Å². The van der Waals surface area contributed by atoms with Crippen molar-refractivity contribution in [1.29, 1.82) is 0 Å². The van der Waals surface area contributed by atoms with Gasteiger partial charge in [0.15, 0.2) is 0 Å². The fraction of sp³-hybridized carbons (Fsp3) is 0.263. The van der Waals surface area contributed by atoms with Gasteiger partial charge >= 0.3 is 5.97 Å². The predicted molar refractivity (Wildman–Crippen MR) is 99.9 cm³/mol. The molecule has 0 bridgehead atoms. The number of carboxylic acids is 1. The van der Waals surface area contributed by atoms with Gasteiger partial charge in [0.25, 0.3) is 0 Å². The Labute approximate surface area is 160 Å². The number of nitrogens with one attached hydrogen (secondary N) is 1. The number of sulfonamides is 1. The Balaban J connectivity index is 1.65. The van der Waals surface area contributed by atoms with Crippen molar-refractivity contribution in [3.8, 4) is 0 Å². The summed E-state index contributed by atoms with van der Waals surface area (Å²) in [5.74, 6) is -1.42. The largest absolute Gasteiger partial charge is 0.481 e. The van der Waals surface area contributed by atoms with Crippen LogP contribution in [0.4, 0.5) is 4.39 Å². The second-order valence-corrected chi connectivity index (χ2v) is 8.51. The molecule has 1 aliphatic rings. The number of benzene rings is 1. The fourth-order valence-electron chi connectivity index (χ4n) is 3.74. The van der Waals surface area contributed by atoms with Crippen molar-refractivity contribution in [3.63, 3.8) is 0 Å². The van der Waals surface area contributed by atoms with E-state index in [1.54, 1.807) is 12.3 Å². The number of hydrogen-bond donors (Lipinski definition) is 2. The van der Waals surface area contributed by atoms with Crippen LogP contribution in [-0.4, -0.2) is 35.1 Å². The highest BCUT2D eigenvalue weighted by Crippen LogP contribution is 2.30. The summed E-state index contributed by atoms with van der Waals surface area (Å²) < 4.78 is 42.8. The highest BCUT2D eigenvalue weighted by molar-refractivity contribution is 7.89. The van der Waals surface area contributed by atoms with E-state index in [9.17, 15) is 22.7 Å². The maximum absolute atomic E-state index is 13.1. The Morgan fingerprint density at radius 2 is 2.04 bits per heavy atom. The van der Waals surface area contributed by atoms with Gasteiger partial charge in [-0.2, -0.15) is 0 Å². The molecule has 146 valence electrons. The molecular weight excluding hydrogens is 385 g/mol. The number of rotatable bonds is 5. The highest BCUT2D eigenvalue weighted by Gasteiger charge is 2.29. The fourth-order valence-corrected chi connectivity index (χ4v) is 5.01. The molecule has 3 aromatic rings. The molecule has 3 heterocycles. The molecular formula is C19H18FN3O4S. The van der Waals surface area contributed by atoms with Gasteiger partial charge in [-0.25, -0.2) is 22.5 Å². The van der Waals surface area contributed by atoms with Crippen LogP contribution in [0.5, 0.6) is 0 Å².